The summed E-state index contributed by atoms with van der Waals surface area (Å²) in [6.07, 6.45) is 7.21. The first kappa shape index (κ1) is 41.4. The average molecular weight is 886 g/mol. The lowest BCUT2D eigenvalue weighted by Crippen LogP contribution is -2.40. The molecule has 0 N–H and O–H groups in total. The van der Waals surface area contributed by atoms with Crippen molar-refractivity contribution in [3.05, 3.63) is 286 Å². The smallest absolute Gasteiger partial charge is 0.0719 e. The highest BCUT2D eigenvalue weighted by atomic mass is 15.1. The molecule has 0 fully saturated rings. The van der Waals surface area contributed by atoms with Crippen LogP contribution in [0.2, 0.25) is 0 Å². The van der Waals surface area contributed by atoms with E-state index >= 15 is 0 Å². The zero-order valence-electron chi connectivity index (χ0n) is 40.0. The molecule has 1 nitrogen and oxygen atoms in total. The van der Waals surface area contributed by atoms with Gasteiger partial charge >= 0.3 is 0 Å². The summed E-state index contributed by atoms with van der Waals surface area (Å²) in [6.45, 7) is 12.0. The van der Waals surface area contributed by atoms with Gasteiger partial charge in [-0.3, -0.25) is 0 Å². The molecule has 9 aromatic rings. The van der Waals surface area contributed by atoms with Gasteiger partial charge in [-0.15, -0.1) is 0 Å². The molecule has 2 atom stereocenters. The Morgan fingerprint density at radius 2 is 0.812 bits per heavy atom. The van der Waals surface area contributed by atoms with E-state index in [1.807, 2.05) is 0 Å². The third-order valence-corrected chi connectivity index (χ3v) is 16.5. The van der Waals surface area contributed by atoms with Crippen molar-refractivity contribution in [2.75, 3.05) is 4.90 Å². The molecule has 0 aromatic heterocycles. The van der Waals surface area contributed by atoms with Gasteiger partial charge in [-0.25, -0.2) is 0 Å². The number of nitrogens with zero attached hydrogens (tertiary/aromatic N) is 1. The minimum Gasteiger partial charge on any atom is -0.311 e. The van der Waals surface area contributed by atoms with Gasteiger partial charge in [0.2, 0.25) is 0 Å². The van der Waals surface area contributed by atoms with Crippen molar-refractivity contribution in [3.8, 4) is 44.5 Å². The molecule has 4 aliphatic carbocycles. The van der Waals surface area contributed by atoms with Crippen LogP contribution < -0.4 is 4.90 Å². The van der Waals surface area contributed by atoms with E-state index in [4.69, 9.17) is 0 Å². The first-order chi connectivity index (χ1) is 33.6. The van der Waals surface area contributed by atoms with Crippen molar-refractivity contribution in [2.24, 2.45) is 5.92 Å². The predicted octanol–water partition coefficient (Wildman–Crippen LogP) is 17.3. The van der Waals surface area contributed by atoms with Crippen molar-refractivity contribution in [1.82, 2.24) is 0 Å². The van der Waals surface area contributed by atoms with Crippen molar-refractivity contribution >= 4 is 11.4 Å². The standard InChI is InChI=1S/C68H55N/c1-44-40-51(34-38-53(44)47-20-10-7-11-21-47)69(50-32-28-46(29-33-50)45-18-8-6-9-19-45)52-35-39-56-55-36-30-48(41-63(55)67(4,5)64(56)43-52)49-31-37-57-54-22-12-13-23-58(54)68(65(57)42-49)61-26-16-14-24-59(61)66(2,3)60-25-15-17-27-62(60)68/h6-44,53H,1-5H3. The zero-order chi connectivity index (χ0) is 46.6. The van der Waals surface area contributed by atoms with Crippen LogP contribution in [0, 0.1) is 5.92 Å². The van der Waals surface area contributed by atoms with Gasteiger partial charge in [0.15, 0.2) is 0 Å². The number of allylic oxidation sites excluding steroid dienone is 3. The number of fused-ring (bicyclic) bond motifs is 12. The van der Waals surface area contributed by atoms with E-state index in [1.165, 1.54) is 106 Å². The highest BCUT2D eigenvalue weighted by molar-refractivity contribution is 5.92. The van der Waals surface area contributed by atoms with Crippen LogP contribution in [0.25, 0.3) is 44.5 Å². The van der Waals surface area contributed by atoms with E-state index in [9.17, 15) is 0 Å². The lowest BCUT2D eigenvalue weighted by Gasteiger charge is -2.46. The summed E-state index contributed by atoms with van der Waals surface area (Å²) in [5, 5.41) is 0. The fourth-order valence-electron chi connectivity index (χ4n) is 13.0. The normalized spacial score (nSPS) is 18.0. The molecular formula is C68H55N. The van der Waals surface area contributed by atoms with Gasteiger partial charge in [-0.1, -0.05) is 223 Å². The molecule has 4 aliphatic rings. The second-order valence-electron chi connectivity index (χ2n) is 20.9. The van der Waals surface area contributed by atoms with Crippen LogP contribution in [-0.2, 0) is 16.2 Å². The average Bonchev–Trinajstić information content (AvgIpc) is 3.81. The van der Waals surface area contributed by atoms with Gasteiger partial charge in [-0.05, 0) is 143 Å². The van der Waals surface area contributed by atoms with Crippen LogP contribution in [0.15, 0.2) is 236 Å². The molecular weight excluding hydrogens is 831 g/mol. The third kappa shape index (κ3) is 6.09. The molecule has 0 saturated carbocycles. The molecule has 0 heterocycles. The summed E-state index contributed by atoms with van der Waals surface area (Å²) in [6, 6.07) is 80.1. The van der Waals surface area contributed by atoms with Crippen molar-refractivity contribution in [2.45, 2.75) is 56.8 Å². The highest BCUT2D eigenvalue weighted by Crippen LogP contribution is 2.62. The Kier molecular flexibility index (Phi) is 9.24. The molecule has 0 aliphatic heterocycles. The van der Waals surface area contributed by atoms with Crippen molar-refractivity contribution < 1.29 is 0 Å². The summed E-state index contributed by atoms with van der Waals surface area (Å²) in [5.41, 5.74) is 25.4. The van der Waals surface area contributed by atoms with Gasteiger partial charge in [0.25, 0.3) is 0 Å². The van der Waals surface area contributed by atoms with Crippen LogP contribution >= 0.6 is 0 Å². The lowest BCUT2D eigenvalue weighted by molar-refractivity contribution is 0.563. The number of rotatable bonds is 6. The van der Waals surface area contributed by atoms with Crippen LogP contribution in [0.5, 0.6) is 0 Å². The monoisotopic (exact) mass is 885 g/mol. The van der Waals surface area contributed by atoms with E-state index in [2.05, 4.69) is 270 Å². The Morgan fingerprint density at radius 3 is 1.45 bits per heavy atom. The fraction of sp³-hybridized carbons (Fsp3) is 0.147. The summed E-state index contributed by atoms with van der Waals surface area (Å²) in [7, 11) is 0. The van der Waals surface area contributed by atoms with Crippen LogP contribution in [0.1, 0.15) is 90.6 Å². The first-order valence-corrected chi connectivity index (χ1v) is 24.8. The number of benzene rings is 9. The number of hydrogen-bond donors (Lipinski definition) is 0. The van der Waals surface area contributed by atoms with E-state index in [0.29, 0.717) is 11.8 Å². The largest absolute Gasteiger partial charge is 0.311 e. The molecule has 1 heteroatoms. The van der Waals surface area contributed by atoms with Crippen LogP contribution in [0.3, 0.4) is 0 Å². The van der Waals surface area contributed by atoms with E-state index in [0.717, 1.165) is 5.69 Å². The topological polar surface area (TPSA) is 3.24 Å². The second kappa shape index (κ2) is 15.4. The van der Waals surface area contributed by atoms with Gasteiger partial charge < -0.3 is 4.90 Å². The Hall–Kier alpha value is -7.74. The van der Waals surface area contributed by atoms with Crippen molar-refractivity contribution in [1.29, 1.82) is 0 Å². The third-order valence-electron chi connectivity index (χ3n) is 16.5. The Labute approximate surface area is 407 Å². The molecule has 0 saturated heterocycles. The minimum atomic E-state index is -0.426. The summed E-state index contributed by atoms with van der Waals surface area (Å²) in [4.78, 5) is 2.47. The van der Waals surface area contributed by atoms with Gasteiger partial charge in [-0.2, -0.15) is 0 Å². The van der Waals surface area contributed by atoms with Crippen LogP contribution in [-0.4, -0.2) is 0 Å². The molecule has 69 heavy (non-hydrogen) atoms. The highest BCUT2D eigenvalue weighted by Gasteiger charge is 2.53. The quantitative estimate of drug-likeness (QED) is 0.161. The van der Waals surface area contributed by atoms with Crippen molar-refractivity contribution in [3.63, 3.8) is 0 Å². The maximum absolute atomic E-state index is 2.53. The SMILES string of the molecule is CC1C=C(N(c2ccc(-c3ccccc3)cc2)c2ccc3c(c2)C(C)(C)c2cc(-c4ccc5c(c4)C4(c6ccccc6-5)c5ccccc5C(C)(C)c5ccccc54)ccc2-3)C=CC1c1ccccc1. The zero-order valence-corrected chi connectivity index (χ0v) is 40.0. The van der Waals surface area contributed by atoms with Crippen LogP contribution in [0.4, 0.5) is 11.4 Å². The molecule has 1 spiro atoms. The lowest BCUT2D eigenvalue weighted by atomic mass is 9.55. The molecule has 0 amide bonds. The Morgan fingerprint density at radius 1 is 0.362 bits per heavy atom. The molecule has 0 bridgehead atoms. The van der Waals surface area contributed by atoms with E-state index in [1.54, 1.807) is 0 Å². The predicted molar refractivity (Wildman–Crippen MR) is 288 cm³/mol. The Balaban J connectivity index is 0.908. The van der Waals surface area contributed by atoms with E-state index in [-0.39, 0.29) is 10.8 Å². The number of anilines is 2. The second-order valence-corrected chi connectivity index (χ2v) is 20.9. The molecule has 2 unspecified atom stereocenters. The summed E-state index contributed by atoms with van der Waals surface area (Å²) < 4.78 is 0. The minimum absolute atomic E-state index is 0.133. The summed E-state index contributed by atoms with van der Waals surface area (Å²) >= 11 is 0. The van der Waals surface area contributed by atoms with Gasteiger partial charge in [0, 0.05) is 33.8 Å². The molecule has 13 rings (SSSR count). The maximum atomic E-state index is 2.53. The molecule has 332 valence electrons. The molecule has 9 aromatic carbocycles. The fourth-order valence-corrected chi connectivity index (χ4v) is 13.0. The Bertz CT molecular complexity index is 3520. The van der Waals surface area contributed by atoms with E-state index < -0.39 is 5.41 Å². The maximum Gasteiger partial charge on any atom is 0.0719 e. The van der Waals surface area contributed by atoms with Gasteiger partial charge in [0.05, 0.1) is 5.41 Å². The summed E-state index contributed by atoms with van der Waals surface area (Å²) in [5.74, 6) is 0.651. The first-order valence-electron chi connectivity index (χ1n) is 24.8. The number of hydrogen-bond acceptors (Lipinski definition) is 1. The van der Waals surface area contributed by atoms with Gasteiger partial charge in [0.1, 0.15) is 0 Å². The molecule has 0 radical (unpaired) electrons.